The van der Waals surface area contributed by atoms with Crippen molar-refractivity contribution in [1.29, 1.82) is 0 Å². The van der Waals surface area contributed by atoms with Gasteiger partial charge in [-0.05, 0) is 20.3 Å². The lowest BCUT2D eigenvalue weighted by molar-refractivity contribution is 0.0413. The average Bonchev–Trinajstić information content (AvgIpc) is 2.21. The minimum atomic E-state index is -2.97. The Kier molecular flexibility index (Phi) is 2.99. The fourth-order valence-corrected chi connectivity index (χ4v) is 3.20. The standard InChI is InChI=1S/C8H17NO3S/c1-8(2)7(12-5-4-9)3-6-13(8,10)11/h7H,3-6,9H2,1-2H3. The molecular formula is C8H17NO3S. The van der Waals surface area contributed by atoms with Crippen molar-refractivity contribution in [3.63, 3.8) is 0 Å². The van der Waals surface area contributed by atoms with Crippen molar-refractivity contribution in [3.05, 3.63) is 0 Å². The molecule has 1 heterocycles. The lowest BCUT2D eigenvalue weighted by Gasteiger charge is -2.25. The van der Waals surface area contributed by atoms with E-state index in [1.165, 1.54) is 0 Å². The van der Waals surface area contributed by atoms with Gasteiger partial charge < -0.3 is 10.5 Å². The first kappa shape index (κ1) is 10.9. The van der Waals surface area contributed by atoms with Gasteiger partial charge in [-0.25, -0.2) is 8.42 Å². The van der Waals surface area contributed by atoms with E-state index in [0.29, 0.717) is 19.6 Å². The summed E-state index contributed by atoms with van der Waals surface area (Å²) in [6.07, 6.45) is 0.399. The molecular weight excluding hydrogens is 190 g/mol. The Morgan fingerprint density at radius 1 is 1.54 bits per heavy atom. The van der Waals surface area contributed by atoms with Crippen LogP contribution < -0.4 is 5.73 Å². The Balaban J connectivity index is 2.71. The number of hydrogen-bond donors (Lipinski definition) is 1. The van der Waals surface area contributed by atoms with Crippen molar-refractivity contribution in [3.8, 4) is 0 Å². The van der Waals surface area contributed by atoms with E-state index in [9.17, 15) is 8.42 Å². The van der Waals surface area contributed by atoms with E-state index >= 15 is 0 Å². The smallest absolute Gasteiger partial charge is 0.158 e. The molecule has 0 amide bonds. The number of hydrogen-bond acceptors (Lipinski definition) is 4. The molecule has 1 aliphatic heterocycles. The lowest BCUT2D eigenvalue weighted by Crippen LogP contribution is -2.39. The highest BCUT2D eigenvalue weighted by atomic mass is 32.2. The minimum Gasteiger partial charge on any atom is -0.375 e. The fraction of sp³-hybridized carbons (Fsp3) is 1.00. The van der Waals surface area contributed by atoms with E-state index < -0.39 is 14.6 Å². The maximum atomic E-state index is 11.5. The SMILES string of the molecule is CC1(C)C(OCCN)CCS1(=O)=O. The Morgan fingerprint density at radius 3 is 2.54 bits per heavy atom. The van der Waals surface area contributed by atoms with Gasteiger partial charge in [0.25, 0.3) is 0 Å². The predicted octanol–water partition coefficient (Wildman–Crippen LogP) is -0.0726. The van der Waals surface area contributed by atoms with E-state index in [0.717, 1.165) is 0 Å². The number of rotatable bonds is 3. The molecule has 78 valence electrons. The molecule has 1 unspecified atom stereocenters. The maximum absolute atomic E-state index is 11.5. The summed E-state index contributed by atoms with van der Waals surface area (Å²) in [5.41, 5.74) is 5.29. The van der Waals surface area contributed by atoms with Gasteiger partial charge in [-0.3, -0.25) is 0 Å². The molecule has 0 aliphatic carbocycles. The molecule has 5 heteroatoms. The van der Waals surface area contributed by atoms with Crippen LogP contribution in [-0.2, 0) is 14.6 Å². The highest BCUT2D eigenvalue weighted by molar-refractivity contribution is 7.93. The number of ether oxygens (including phenoxy) is 1. The Hall–Kier alpha value is -0.130. The molecule has 0 aromatic rings. The Bertz CT molecular complexity index is 271. The van der Waals surface area contributed by atoms with Crippen molar-refractivity contribution in [2.75, 3.05) is 18.9 Å². The van der Waals surface area contributed by atoms with E-state index in [4.69, 9.17) is 10.5 Å². The van der Waals surface area contributed by atoms with E-state index in [-0.39, 0.29) is 11.9 Å². The highest BCUT2D eigenvalue weighted by Gasteiger charge is 2.48. The molecule has 2 N–H and O–H groups in total. The number of sulfone groups is 1. The minimum absolute atomic E-state index is 0.193. The molecule has 1 saturated heterocycles. The summed E-state index contributed by atoms with van der Waals surface area (Å²) in [7, 11) is -2.97. The van der Waals surface area contributed by atoms with E-state index in [2.05, 4.69) is 0 Å². The summed E-state index contributed by atoms with van der Waals surface area (Å²) in [6.45, 7) is 4.31. The summed E-state index contributed by atoms with van der Waals surface area (Å²) in [5.74, 6) is 0.231. The second-order valence-corrected chi connectivity index (χ2v) is 6.55. The molecule has 0 aromatic carbocycles. The van der Waals surface area contributed by atoms with Gasteiger partial charge in [0.05, 0.1) is 23.2 Å². The fourth-order valence-electron chi connectivity index (χ4n) is 1.57. The van der Waals surface area contributed by atoms with Crippen LogP contribution in [-0.4, -0.2) is 38.2 Å². The molecule has 0 aromatic heterocycles. The third-order valence-electron chi connectivity index (χ3n) is 2.66. The molecule has 0 spiro atoms. The van der Waals surface area contributed by atoms with Gasteiger partial charge in [-0.2, -0.15) is 0 Å². The van der Waals surface area contributed by atoms with Crippen LogP contribution in [0.3, 0.4) is 0 Å². The topological polar surface area (TPSA) is 69.4 Å². The monoisotopic (exact) mass is 207 g/mol. The van der Waals surface area contributed by atoms with Gasteiger partial charge in [0, 0.05) is 6.54 Å². The van der Waals surface area contributed by atoms with Crippen LogP contribution in [0.2, 0.25) is 0 Å². The van der Waals surface area contributed by atoms with Crippen molar-refractivity contribution >= 4 is 9.84 Å². The summed E-state index contributed by atoms with van der Waals surface area (Å²) in [6, 6.07) is 0. The van der Waals surface area contributed by atoms with Crippen molar-refractivity contribution in [2.24, 2.45) is 5.73 Å². The summed E-state index contributed by atoms with van der Waals surface area (Å²) in [5, 5.41) is 0. The molecule has 1 rings (SSSR count). The zero-order valence-electron chi connectivity index (χ0n) is 8.12. The molecule has 4 nitrogen and oxygen atoms in total. The van der Waals surface area contributed by atoms with Crippen LogP contribution in [0.4, 0.5) is 0 Å². The van der Waals surface area contributed by atoms with Crippen molar-refractivity contribution in [2.45, 2.75) is 31.1 Å². The van der Waals surface area contributed by atoms with Gasteiger partial charge >= 0.3 is 0 Å². The summed E-state index contributed by atoms with van der Waals surface area (Å²) >= 11 is 0. The largest absolute Gasteiger partial charge is 0.375 e. The predicted molar refractivity (Wildman–Crippen MR) is 51.3 cm³/mol. The van der Waals surface area contributed by atoms with Gasteiger partial charge in [0.1, 0.15) is 0 Å². The van der Waals surface area contributed by atoms with Crippen molar-refractivity contribution in [1.82, 2.24) is 0 Å². The van der Waals surface area contributed by atoms with Gasteiger partial charge in [-0.15, -0.1) is 0 Å². The van der Waals surface area contributed by atoms with Crippen LogP contribution >= 0.6 is 0 Å². The quantitative estimate of drug-likeness (QED) is 0.703. The third-order valence-corrected chi connectivity index (χ3v) is 5.30. The van der Waals surface area contributed by atoms with Gasteiger partial charge in [0.2, 0.25) is 0 Å². The van der Waals surface area contributed by atoms with Crippen molar-refractivity contribution < 1.29 is 13.2 Å². The third kappa shape index (κ3) is 1.87. The van der Waals surface area contributed by atoms with Gasteiger partial charge in [-0.1, -0.05) is 0 Å². The molecule has 1 atom stereocenters. The zero-order chi connectivity index (χ0) is 10.1. The van der Waals surface area contributed by atoms with Crippen LogP contribution in [0.1, 0.15) is 20.3 Å². The molecule has 13 heavy (non-hydrogen) atoms. The molecule has 0 radical (unpaired) electrons. The molecule has 1 fully saturated rings. The zero-order valence-corrected chi connectivity index (χ0v) is 8.93. The Morgan fingerprint density at radius 2 is 2.15 bits per heavy atom. The second-order valence-electron chi connectivity index (χ2n) is 3.86. The van der Waals surface area contributed by atoms with E-state index in [1.54, 1.807) is 13.8 Å². The molecule has 1 aliphatic rings. The normalized spacial score (nSPS) is 30.5. The van der Waals surface area contributed by atoms with Crippen LogP contribution in [0.5, 0.6) is 0 Å². The first-order valence-corrected chi connectivity index (χ1v) is 6.11. The van der Waals surface area contributed by atoms with Crippen LogP contribution in [0.15, 0.2) is 0 Å². The lowest BCUT2D eigenvalue weighted by atomic mass is 10.0. The van der Waals surface area contributed by atoms with Gasteiger partial charge in [0.15, 0.2) is 9.84 Å². The average molecular weight is 207 g/mol. The summed E-state index contributed by atoms with van der Waals surface area (Å²) in [4.78, 5) is 0. The van der Waals surface area contributed by atoms with Crippen LogP contribution in [0, 0.1) is 0 Å². The second kappa shape index (κ2) is 3.55. The molecule has 0 bridgehead atoms. The van der Waals surface area contributed by atoms with Crippen LogP contribution in [0.25, 0.3) is 0 Å². The first-order chi connectivity index (χ1) is 5.92. The first-order valence-electron chi connectivity index (χ1n) is 4.46. The maximum Gasteiger partial charge on any atom is 0.158 e. The molecule has 0 saturated carbocycles. The highest BCUT2D eigenvalue weighted by Crippen LogP contribution is 2.33. The number of nitrogens with two attached hydrogens (primary N) is 1. The Labute approximate surface area is 79.4 Å². The van der Waals surface area contributed by atoms with E-state index in [1.807, 2.05) is 0 Å². The summed E-state index contributed by atoms with van der Waals surface area (Å²) < 4.78 is 27.7.